The second kappa shape index (κ2) is 9.24. The second-order valence-electron chi connectivity index (χ2n) is 5.20. The van der Waals surface area contributed by atoms with E-state index in [-0.39, 0.29) is 5.91 Å². The number of benzene rings is 1. The third-order valence-electron chi connectivity index (χ3n) is 3.45. The molecule has 1 heterocycles. The Morgan fingerprint density at radius 1 is 1.21 bits per heavy atom. The molecule has 0 fully saturated rings. The third kappa shape index (κ3) is 4.94. The van der Waals surface area contributed by atoms with Gasteiger partial charge >= 0.3 is 0 Å². The Kier molecular flexibility index (Phi) is 7.02. The first-order valence-corrected chi connectivity index (χ1v) is 8.64. The van der Waals surface area contributed by atoms with Crippen molar-refractivity contribution in [2.75, 3.05) is 34.4 Å². The van der Waals surface area contributed by atoms with E-state index in [1.165, 1.54) is 11.3 Å². The van der Waals surface area contributed by atoms with Gasteiger partial charge in [-0.1, -0.05) is 0 Å². The predicted octanol–water partition coefficient (Wildman–Crippen LogP) is 2.10. The standard InChI is InChI=1S/C17H23N3O3S/c1-18-7-4-8-19-16(21)10-13-11-24-17(20-13)12-5-6-14(22-2)15(9-12)23-3/h5-6,9,11,18H,4,7-8,10H2,1-3H3,(H,19,21). The van der Waals surface area contributed by atoms with E-state index in [1.54, 1.807) is 14.2 Å². The number of carbonyl (C=O) groups excluding carboxylic acids is 1. The summed E-state index contributed by atoms with van der Waals surface area (Å²) in [6, 6.07) is 5.67. The van der Waals surface area contributed by atoms with Crippen molar-refractivity contribution in [2.45, 2.75) is 12.8 Å². The average Bonchev–Trinajstić information content (AvgIpc) is 3.06. The molecule has 0 atom stereocenters. The molecule has 0 aliphatic carbocycles. The van der Waals surface area contributed by atoms with E-state index in [0.717, 1.165) is 29.2 Å². The van der Waals surface area contributed by atoms with Crippen LogP contribution in [0.5, 0.6) is 11.5 Å². The molecule has 0 aliphatic rings. The number of nitrogens with zero attached hydrogens (tertiary/aromatic N) is 1. The fourth-order valence-electron chi connectivity index (χ4n) is 2.21. The minimum atomic E-state index is -0.00438. The molecule has 0 saturated heterocycles. The van der Waals surface area contributed by atoms with E-state index in [0.29, 0.717) is 24.5 Å². The lowest BCUT2D eigenvalue weighted by Gasteiger charge is -2.08. The number of ether oxygens (including phenoxy) is 2. The van der Waals surface area contributed by atoms with Crippen LogP contribution in [0.3, 0.4) is 0 Å². The number of rotatable bonds is 9. The zero-order valence-electron chi connectivity index (χ0n) is 14.2. The van der Waals surface area contributed by atoms with E-state index in [4.69, 9.17) is 9.47 Å². The molecule has 0 bridgehead atoms. The van der Waals surface area contributed by atoms with Crippen LogP contribution in [0.15, 0.2) is 23.6 Å². The summed E-state index contributed by atoms with van der Waals surface area (Å²) in [5.74, 6) is 1.34. The van der Waals surface area contributed by atoms with Crippen molar-refractivity contribution >= 4 is 17.2 Å². The molecule has 2 N–H and O–H groups in total. The molecule has 0 spiro atoms. The zero-order valence-corrected chi connectivity index (χ0v) is 15.0. The van der Waals surface area contributed by atoms with Crippen molar-refractivity contribution in [3.05, 3.63) is 29.3 Å². The molecule has 0 unspecified atom stereocenters. The first kappa shape index (κ1) is 18.2. The van der Waals surface area contributed by atoms with E-state index >= 15 is 0 Å². The monoisotopic (exact) mass is 349 g/mol. The number of nitrogens with one attached hydrogen (secondary N) is 2. The molecule has 24 heavy (non-hydrogen) atoms. The summed E-state index contributed by atoms with van der Waals surface area (Å²) >= 11 is 1.51. The number of thiazole rings is 1. The predicted molar refractivity (Wildman–Crippen MR) is 95.9 cm³/mol. The number of aromatic nitrogens is 1. The average molecular weight is 349 g/mol. The molecule has 1 aromatic carbocycles. The highest BCUT2D eigenvalue weighted by Crippen LogP contribution is 2.33. The Morgan fingerprint density at radius 2 is 2.00 bits per heavy atom. The Bertz CT molecular complexity index is 673. The first-order chi connectivity index (χ1) is 11.7. The highest BCUT2D eigenvalue weighted by Gasteiger charge is 2.11. The van der Waals surface area contributed by atoms with E-state index in [1.807, 2.05) is 30.6 Å². The normalized spacial score (nSPS) is 10.5. The summed E-state index contributed by atoms with van der Waals surface area (Å²) < 4.78 is 10.6. The fraction of sp³-hybridized carbons (Fsp3) is 0.412. The topological polar surface area (TPSA) is 72.5 Å². The molecule has 7 heteroatoms. The van der Waals surface area contributed by atoms with Crippen molar-refractivity contribution in [3.63, 3.8) is 0 Å². The summed E-state index contributed by atoms with van der Waals surface area (Å²) in [6.45, 7) is 1.56. The van der Waals surface area contributed by atoms with Gasteiger partial charge < -0.3 is 20.1 Å². The van der Waals surface area contributed by atoms with E-state index in [9.17, 15) is 4.79 Å². The second-order valence-corrected chi connectivity index (χ2v) is 6.06. The number of hydrogen-bond acceptors (Lipinski definition) is 6. The van der Waals surface area contributed by atoms with Crippen molar-refractivity contribution in [3.8, 4) is 22.1 Å². The van der Waals surface area contributed by atoms with Crippen molar-refractivity contribution in [1.82, 2.24) is 15.6 Å². The minimum Gasteiger partial charge on any atom is -0.493 e. The van der Waals surface area contributed by atoms with Crippen LogP contribution in [0.25, 0.3) is 10.6 Å². The first-order valence-electron chi connectivity index (χ1n) is 7.76. The van der Waals surface area contributed by atoms with Crippen molar-refractivity contribution in [1.29, 1.82) is 0 Å². The molecule has 2 rings (SSSR count). The van der Waals surface area contributed by atoms with Gasteiger partial charge in [-0.15, -0.1) is 11.3 Å². The number of hydrogen-bond donors (Lipinski definition) is 2. The summed E-state index contributed by atoms with van der Waals surface area (Å²) in [4.78, 5) is 16.4. The smallest absolute Gasteiger partial charge is 0.226 e. The zero-order chi connectivity index (χ0) is 17.4. The van der Waals surface area contributed by atoms with Crippen LogP contribution < -0.4 is 20.1 Å². The van der Waals surface area contributed by atoms with Crippen LogP contribution in [0.2, 0.25) is 0 Å². The maximum Gasteiger partial charge on any atom is 0.226 e. The van der Waals surface area contributed by atoms with Gasteiger partial charge in [0.25, 0.3) is 0 Å². The molecular weight excluding hydrogens is 326 g/mol. The summed E-state index contributed by atoms with van der Waals surface area (Å²) in [5.41, 5.74) is 1.72. The van der Waals surface area contributed by atoms with Crippen LogP contribution >= 0.6 is 11.3 Å². The summed E-state index contributed by atoms with van der Waals surface area (Å²) in [5, 5.41) is 8.72. The summed E-state index contributed by atoms with van der Waals surface area (Å²) in [7, 11) is 5.11. The largest absolute Gasteiger partial charge is 0.493 e. The lowest BCUT2D eigenvalue weighted by Crippen LogP contribution is -2.28. The maximum atomic E-state index is 11.9. The number of methoxy groups -OCH3 is 2. The number of carbonyl (C=O) groups is 1. The maximum absolute atomic E-state index is 11.9. The lowest BCUT2D eigenvalue weighted by atomic mass is 10.2. The Hall–Kier alpha value is -2.12. The molecule has 0 saturated carbocycles. The van der Waals surface area contributed by atoms with Crippen LogP contribution in [-0.4, -0.2) is 45.2 Å². The van der Waals surface area contributed by atoms with Gasteiger partial charge in [0.05, 0.1) is 26.3 Å². The molecule has 6 nitrogen and oxygen atoms in total. The Balaban J connectivity index is 1.99. The van der Waals surface area contributed by atoms with E-state index < -0.39 is 0 Å². The van der Waals surface area contributed by atoms with Gasteiger partial charge in [-0.3, -0.25) is 4.79 Å². The van der Waals surface area contributed by atoms with Gasteiger partial charge in [0.15, 0.2) is 11.5 Å². The highest BCUT2D eigenvalue weighted by atomic mass is 32.1. The molecule has 2 aromatic rings. The van der Waals surface area contributed by atoms with Crippen molar-refractivity contribution in [2.24, 2.45) is 0 Å². The molecule has 1 amide bonds. The third-order valence-corrected chi connectivity index (χ3v) is 4.39. The van der Waals surface area contributed by atoms with E-state index in [2.05, 4.69) is 15.6 Å². The molecular formula is C17H23N3O3S. The fourth-order valence-corrected chi connectivity index (χ4v) is 3.03. The van der Waals surface area contributed by atoms with Gasteiger partial charge in [0.1, 0.15) is 5.01 Å². The van der Waals surface area contributed by atoms with Crippen molar-refractivity contribution < 1.29 is 14.3 Å². The van der Waals surface area contributed by atoms with Gasteiger partial charge in [-0.25, -0.2) is 4.98 Å². The van der Waals surface area contributed by atoms with Crippen LogP contribution in [0, 0.1) is 0 Å². The Morgan fingerprint density at radius 3 is 2.71 bits per heavy atom. The molecule has 0 radical (unpaired) electrons. The van der Waals surface area contributed by atoms with Gasteiger partial charge in [-0.05, 0) is 38.2 Å². The number of amides is 1. The highest BCUT2D eigenvalue weighted by molar-refractivity contribution is 7.13. The quantitative estimate of drug-likeness (QED) is 0.678. The van der Waals surface area contributed by atoms with Crippen LogP contribution in [0.4, 0.5) is 0 Å². The molecule has 1 aromatic heterocycles. The van der Waals surface area contributed by atoms with Crippen LogP contribution in [-0.2, 0) is 11.2 Å². The van der Waals surface area contributed by atoms with Gasteiger partial charge in [0.2, 0.25) is 5.91 Å². The minimum absolute atomic E-state index is 0.00438. The lowest BCUT2D eigenvalue weighted by molar-refractivity contribution is -0.120. The SMILES string of the molecule is CNCCCNC(=O)Cc1csc(-c2ccc(OC)c(OC)c2)n1. The van der Waals surface area contributed by atoms with Crippen LogP contribution in [0.1, 0.15) is 12.1 Å². The Labute approximate surface area is 146 Å². The molecule has 0 aliphatic heterocycles. The van der Waals surface area contributed by atoms with Gasteiger partial charge in [0, 0.05) is 17.5 Å². The van der Waals surface area contributed by atoms with Gasteiger partial charge in [-0.2, -0.15) is 0 Å². The summed E-state index contributed by atoms with van der Waals surface area (Å²) in [6.07, 6.45) is 1.21. The molecule has 130 valence electrons.